The number of ether oxygens (including phenoxy) is 4. The lowest BCUT2D eigenvalue weighted by atomic mass is 9.57. The molecule has 8 heteroatoms. The van der Waals surface area contributed by atoms with Crippen LogP contribution in [0.4, 0.5) is 0 Å². The van der Waals surface area contributed by atoms with Crippen LogP contribution >= 0.6 is 0 Å². The molecular formula is C44H78O8. The molecule has 3 aliphatic rings. The van der Waals surface area contributed by atoms with E-state index in [0.717, 1.165) is 25.7 Å². The zero-order chi connectivity index (χ0) is 38.4. The van der Waals surface area contributed by atoms with Crippen LogP contribution in [-0.2, 0) is 33.3 Å². The number of carbonyl (C=O) groups is 3. The van der Waals surface area contributed by atoms with E-state index in [1.807, 2.05) is 13.8 Å². The Morgan fingerprint density at radius 2 is 1.17 bits per heavy atom. The smallest absolute Gasteiger partial charge is 0.306 e. The van der Waals surface area contributed by atoms with Crippen LogP contribution in [0.2, 0.25) is 0 Å². The van der Waals surface area contributed by atoms with Crippen molar-refractivity contribution in [2.75, 3.05) is 0 Å². The molecule has 1 saturated carbocycles. The predicted molar refractivity (Wildman–Crippen MR) is 207 cm³/mol. The van der Waals surface area contributed by atoms with E-state index in [1.165, 1.54) is 104 Å². The number of rotatable bonds is 22. The molecule has 0 spiro atoms. The first-order chi connectivity index (χ1) is 24.6. The van der Waals surface area contributed by atoms with E-state index < -0.39 is 41.1 Å². The first-order valence-electron chi connectivity index (χ1n) is 21.6. The van der Waals surface area contributed by atoms with Crippen LogP contribution in [0.15, 0.2) is 0 Å². The van der Waals surface area contributed by atoms with Crippen molar-refractivity contribution in [3.63, 3.8) is 0 Å². The van der Waals surface area contributed by atoms with Crippen molar-refractivity contribution in [2.24, 2.45) is 23.7 Å². The summed E-state index contributed by atoms with van der Waals surface area (Å²) in [4.78, 5) is 38.2. The molecule has 0 aromatic rings. The molecule has 1 N–H and O–H groups in total. The fraction of sp³-hybridized carbons (Fsp3) is 0.932. The fourth-order valence-corrected chi connectivity index (χ4v) is 10.1. The summed E-state index contributed by atoms with van der Waals surface area (Å²) < 4.78 is 25.2. The maximum Gasteiger partial charge on any atom is 0.306 e. The van der Waals surface area contributed by atoms with Crippen molar-refractivity contribution < 1.29 is 38.4 Å². The van der Waals surface area contributed by atoms with Crippen molar-refractivity contribution >= 4 is 17.9 Å². The third-order valence-electron chi connectivity index (χ3n) is 12.8. The Balaban J connectivity index is 1.51. The van der Waals surface area contributed by atoms with Gasteiger partial charge < -0.3 is 24.1 Å². The molecule has 2 saturated heterocycles. The zero-order valence-corrected chi connectivity index (χ0v) is 34.6. The number of hydrogen-bond acceptors (Lipinski definition) is 8. The Kier molecular flexibility index (Phi) is 18.4. The molecule has 2 aliphatic heterocycles. The molecule has 1 aliphatic carbocycles. The number of carbonyl (C=O) groups excluding carboxylic acids is 3. The van der Waals surface area contributed by atoms with Gasteiger partial charge in [-0.25, -0.2) is 0 Å². The quantitative estimate of drug-likeness (QED) is 0.0665. The first-order valence-corrected chi connectivity index (χ1v) is 21.6. The van der Waals surface area contributed by atoms with Gasteiger partial charge in [-0.3, -0.25) is 14.4 Å². The Labute approximate surface area is 317 Å². The van der Waals surface area contributed by atoms with Gasteiger partial charge in [0.15, 0.2) is 0 Å². The lowest BCUT2D eigenvalue weighted by Gasteiger charge is -2.51. The van der Waals surface area contributed by atoms with Crippen molar-refractivity contribution in [3.05, 3.63) is 0 Å². The van der Waals surface area contributed by atoms with E-state index in [2.05, 4.69) is 20.8 Å². The molecule has 0 radical (unpaired) electrons. The van der Waals surface area contributed by atoms with Crippen LogP contribution in [0.1, 0.15) is 203 Å². The van der Waals surface area contributed by atoms with Crippen LogP contribution in [0.25, 0.3) is 0 Å². The highest BCUT2D eigenvalue weighted by atomic mass is 16.6. The molecule has 52 heavy (non-hydrogen) atoms. The summed E-state index contributed by atoms with van der Waals surface area (Å²) in [5, 5.41) is 12.1. The van der Waals surface area contributed by atoms with Gasteiger partial charge in [-0.15, -0.1) is 0 Å². The lowest BCUT2D eigenvalue weighted by molar-refractivity contribution is -0.185. The van der Waals surface area contributed by atoms with Gasteiger partial charge in [0.25, 0.3) is 0 Å². The maximum absolute atomic E-state index is 13.2. The Bertz CT molecular complexity index is 1090. The largest absolute Gasteiger partial charge is 0.459 e. The molecule has 3 fully saturated rings. The van der Waals surface area contributed by atoms with Gasteiger partial charge >= 0.3 is 17.9 Å². The Morgan fingerprint density at radius 1 is 0.712 bits per heavy atom. The minimum absolute atomic E-state index is 0.0398. The molecule has 8 nitrogen and oxygen atoms in total. The van der Waals surface area contributed by atoms with E-state index in [4.69, 9.17) is 18.9 Å². The molecule has 2 heterocycles. The minimum Gasteiger partial charge on any atom is -0.459 e. The van der Waals surface area contributed by atoms with Gasteiger partial charge in [0.1, 0.15) is 29.0 Å². The van der Waals surface area contributed by atoms with Crippen molar-refractivity contribution in [2.45, 2.75) is 238 Å². The van der Waals surface area contributed by atoms with Crippen LogP contribution in [0.3, 0.4) is 0 Å². The molecule has 0 amide bonds. The summed E-state index contributed by atoms with van der Waals surface area (Å²) in [7, 11) is 0. The summed E-state index contributed by atoms with van der Waals surface area (Å²) >= 11 is 0. The Morgan fingerprint density at radius 3 is 1.65 bits per heavy atom. The third-order valence-corrected chi connectivity index (χ3v) is 12.8. The van der Waals surface area contributed by atoms with Gasteiger partial charge in [-0.1, -0.05) is 124 Å². The van der Waals surface area contributed by atoms with Crippen LogP contribution < -0.4 is 0 Å². The standard InChI is InChI=1S/C44H78O8/c1-9-10-11-12-13-14-15-16-17-18-19-20-21-22-23-24-25-26-38(47)50-37-28-30-44(8,52-34(5)46)41-39-35(32(2)3)27-29-43(7,51-33(4)45)40(39)36(49-41)31-42(37,6)48/h32,35-37,39-41,48H,9-31H2,1-8H3/t35-,36+,37+,39-,40-,41+,42+,43-,44-/m0/s1. The zero-order valence-electron chi connectivity index (χ0n) is 34.6. The topological polar surface area (TPSA) is 108 Å². The average Bonchev–Trinajstić information content (AvgIpc) is 3.44. The first kappa shape index (κ1) is 44.7. The second-order valence-corrected chi connectivity index (χ2v) is 17.9. The molecule has 302 valence electrons. The van der Waals surface area contributed by atoms with Crippen molar-refractivity contribution in [3.8, 4) is 0 Å². The normalized spacial score (nSPS) is 33.1. The molecule has 0 aromatic heterocycles. The highest BCUT2D eigenvalue weighted by Crippen LogP contribution is 2.58. The lowest BCUT2D eigenvalue weighted by Crippen LogP contribution is -2.58. The van der Waals surface area contributed by atoms with Gasteiger partial charge in [0.05, 0.1) is 6.10 Å². The molecule has 0 unspecified atom stereocenters. The second-order valence-electron chi connectivity index (χ2n) is 17.9. The number of hydrogen-bond donors (Lipinski definition) is 1. The predicted octanol–water partition coefficient (Wildman–Crippen LogP) is 10.6. The summed E-state index contributed by atoms with van der Waals surface area (Å²) in [5.41, 5.74) is -3.20. The molecule has 2 bridgehead atoms. The average molecular weight is 735 g/mol. The van der Waals surface area contributed by atoms with Crippen molar-refractivity contribution in [1.82, 2.24) is 0 Å². The van der Waals surface area contributed by atoms with E-state index in [1.54, 1.807) is 6.92 Å². The van der Waals surface area contributed by atoms with Gasteiger partial charge in [-0.05, 0) is 64.7 Å². The number of fused-ring (bicyclic) bond motifs is 5. The highest BCUT2D eigenvalue weighted by molar-refractivity contribution is 5.69. The monoisotopic (exact) mass is 735 g/mol. The van der Waals surface area contributed by atoms with Crippen LogP contribution in [-0.4, -0.2) is 58.1 Å². The van der Waals surface area contributed by atoms with Crippen molar-refractivity contribution in [1.29, 1.82) is 0 Å². The molecule has 0 aromatic carbocycles. The summed E-state index contributed by atoms with van der Waals surface area (Å²) in [6.07, 6.45) is 22.9. The number of unbranched alkanes of at least 4 members (excludes halogenated alkanes) is 16. The summed E-state index contributed by atoms with van der Waals surface area (Å²) in [6.45, 7) is 15.2. The van der Waals surface area contributed by atoms with E-state index in [9.17, 15) is 19.5 Å². The van der Waals surface area contributed by atoms with E-state index in [-0.39, 0.29) is 36.1 Å². The Hall–Kier alpha value is -1.67. The third kappa shape index (κ3) is 13.3. The molecule has 9 atom stereocenters. The fourth-order valence-electron chi connectivity index (χ4n) is 10.1. The summed E-state index contributed by atoms with van der Waals surface area (Å²) in [5.74, 6) is -0.692. The molecule has 3 rings (SSSR count). The van der Waals surface area contributed by atoms with E-state index >= 15 is 0 Å². The molecular weight excluding hydrogens is 656 g/mol. The maximum atomic E-state index is 13.2. The number of aliphatic hydroxyl groups is 1. The van der Waals surface area contributed by atoms with E-state index in [0.29, 0.717) is 31.6 Å². The second kappa shape index (κ2) is 21.4. The minimum atomic E-state index is -1.39. The van der Waals surface area contributed by atoms with Gasteiger partial charge in [0, 0.05) is 38.5 Å². The SMILES string of the molecule is CCCCCCCCCCCCCCCCCCCC(=O)O[C@@H]1CC[C@](C)(OC(C)=O)[C@@H]2O[C@H](C[C@@]1(C)O)[C@H]1[C@@H]2[C@H](C(C)C)CC[C@]1(C)OC(C)=O. The van der Waals surface area contributed by atoms with Crippen LogP contribution in [0.5, 0.6) is 0 Å². The van der Waals surface area contributed by atoms with Crippen LogP contribution in [0, 0.1) is 23.7 Å². The summed E-state index contributed by atoms with van der Waals surface area (Å²) in [6, 6.07) is 0. The van der Waals surface area contributed by atoms with Gasteiger partial charge in [0.2, 0.25) is 0 Å². The number of esters is 3. The highest BCUT2D eigenvalue weighted by Gasteiger charge is 2.65. The van der Waals surface area contributed by atoms with Gasteiger partial charge in [-0.2, -0.15) is 0 Å².